The Morgan fingerprint density at radius 1 is 1.15 bits per heavy atom. The van der Waals surface area contributed by atoms with Crippen molar-refractivity contribution in [2.45, 2.75) is 26.8 Å². The number of carbonyl (C=O) groups excluding carboxylic acids is 2. The Balaban J connectivity index is 1.83. The smallest absolute Gasteiger partial charge is 0.300 e. The van der Waals surface area contributed by atoms with Crippen LogP contribution in [0.5, 0.6) is 5.75 Å². The molecular formula is C26H23F2NO5. The average molecular weight is 467 g/mol. The van der Waals surface area contributed by atoms with Crippen LogP contribution < -0.4 is 9.64 Å². The van der Waals surface area contributed by atoms with Gasteiger partial charge in [0.05, 0.1) is 24.1 Å². The van der Waals surface area contributed by atoms with Gasteiger partial charge in [-0.1, -0.05) is 13.8 Å². The summed E-state index contributed by atoms with van der Waals surface area (Å²) >= 11 is 0. The topological polar surface area (TPSA) is 80.0 Å². The number of aliphatic hydroxyl groups excluding tert-OH is 1. The van der Waals surface area contributed by atoms with E-state index in [0.29, 0.717) is 24.3 Å². The number of ketones is 1. The molecule has 8 heteroatoms. The van der Waals surface area contributed by atoms with E-state index < -0.39 is 35.1 Å². The highest BCUT2D eigenvalue weighted by molar-refractivity contribution is 6.51. The van der Waals surface area contributed by atoms with Crippen LogP contribution in [-0.2, 0) is 9.59 Å². The Labute approximate surface area is 195 Å². The van der Waals surface area contributed by atoms with Crippen molar-refractivity contribution in [1.29, 1.82) is 0 Å². The Morgan fingerprint density at radius 2 is 1.91 bits per heavy atom. The molecule has 1 saturated heterocycles. The molecular weight excluding hydrogens is 444 g/mol. The first-order valence-electron chi connectivity index (χ1n) is 10.7. The van der Waals surface area contributed by atoms with Crippen molar-refractivity contribution in [3.8, 4) is 5.75 Å². The molecule has 0 bridgehead atoms. The lowest BCUT2D eigenvalue weighted by Gasteiger charge is -2.23. The fourth-order valence-electron chi connectivity index (χ4n) is 3.84. The van der Waals surface area contributed by atoms with E-state index >= 15 is 0 Å². The maximum absolute atomic E-state index is 14.6. The van der Waals surface area contributed by atoms with Gasteiger partial charge in [-0.25, -0.2) is 8.78 Å². The van der Waals surface area contributed by atoms with Gasteiger partial charge in [-0.15, -0.1) is 0 Å². The number of aliphatic hydroxyl groups is 1. The molecule has 1 aliphatic rings. The lowest BCUT2D eigenvalue weighted by Crippen LogP contribution is -2.30. The minimum absolute atomic E-state index is 0.137. The number of nitrogens with zero attached hydrogens (tertiary/aromatic N) is 1. The minimum atomic E-state index is -1.24. The van der Waals surface area contributed by atoms with E-state index in [4.69, 9.17) is 9.15 Å². The summed E-state index contributed by atoms with van der Waals surface area (Å²) in [5.41, 5.74) is 0.429. The molecule has 0 saturated carbocycles. The molecule has 1 unspecified atom stereocenters. The van der Waals surface area contributed by atoms with Gasteiger partial charge in [0, 0.05) is 11.6 Å². The van der Waals surface area contributed by atoms with Crippen molar-refractivity contribution in [1.82, 2.24) is 0 Å². The number of amides is 1. The number of carbonyl (C=O) groups is 2. The van der Waals surface area contributed by atoms with Crippen molar-refractivity contribution < 1.29 is 32.6 Å². The molecule has 1 aromatic heterocycles. The third-order valence-corrected chi connectivity index (χ3v) is 5.45. The Kier molecular flexibility index (Phi) is 6.24. The van der Waals surface area contributed by atoms with Gasteiger partial charge in [0.1, 0.15) is 34.9 Å². The number of halogens is 2. The molecule has 0 aliphatic carbocycles. The third-order valence-electron chi connectivity index (χ3n) is 5.45. The Bertz CT molecular complexity index is 1280. The van der Waals surface area contributed by atoms with Gasteiger partial charge in [0.15, 0.2) is 0 Å². The van der Waals surface area contributed by atoms with E-state index in [2.05, 4.69) is 0 Å². The van der Waals surface area contributed by atoms with E-state index in [-0.39, 0.29) is 22.6 Å². The molecule has 4 rings (SSSR count). The number of furan rings is 1. The van der Waals surface area contributed by atoms with Crippen LogP contribution in [0.4, 0.5) is 14.5 Å². The van der Waals surface area contributed by atoms with Crippen LogP contribution in [0.1, 0.15) is 36.8 Å². The zero-order valence-electron chi connectivity index (χ0n) is 18.8. The number of Topliss-reactive ketones (excluding diaryl/α,β-unsaturated/α-hetero) is 1. The van der Waals surface area contributed by atoms with Crippen molar-refractivity contribution in [2.75, 3.05) is 11.5 Å². The largest absolute Gasteiger partial charge is 0.507 e. The van der Waals surface area contributed by atoms with Crippen molar-refractivity contribution in [3.63, 3.8) is 0 Å². The van der Waals surface area contributed by atoms with Crippen LogP contribution in [0.3, 0.4) is 0 Å². The quantitative estimate of drug-likeness (QED) is 0.293. The highest BCUT2D eigenvalue weighted by Gasteiger charge is 2.49. The van der Waals surface area contributed by atoms with Crippen LogP contribution in [0.2, 0.25) is 0 Å². The summed E-state index contributed by atoms with van der Waals surface area (Å²) in [5.74, 6) is -3.29. The lowest BCUT2D eigenvalue weighted by molar-refractivity contribution is -0.132. The average Bonchev–Trinajstić information content (AvgIpc) is 3.40. The molecule has 1 fully saturated rings. The highest BCUT2D eigenvalue weighted by Crippen LogP contribution is 2.43. The summed E-state index contributed by atoms with van der Waals surface area (Å²) in [6, 6.07) is 9.35. The molecule has 6 nitrogen and oxygen atoms in total. The van der Waals surface area contributed by atoms with Crippen LogP contribution in [0, 0.1) is 24.5 Å². The summed E-state index contributed by atoms with van der Waals surface area (Å²) in [6.45, 7) is 6.35. The second kappa shape index (κ2) is 9.13. The van der Waals surface area contributed by atoms with Crippen molar-refractivity contribution >= 4 is 23.1 Å². The standard InChI is InChI=1S/C26H23F2NO5/c1-14(2)13-34-20-9-6-16(11-15(20)3)24(30)22-23(21-5-4-10-33-21)29(26(32)25(22)31)19-8-7-17(27)12-18(19)28/h4-12,14,23,30H,13H2,1-3H3/b24-22-. The lowest BCUT2D eigenvalue weighted by atomic mass is 9.98. The summed E-state index contributed by atoms with van der Waals surface area (Å²) in [6.07, 6.45) is 1.33. The first kappa shape index (κ1) is 23.2. The van der Waals surface area contributed by atoms with Gasteiger partial charge in [0.25, 0.3) is 11.7 Å². The number of hydrogen-bond donors (Lipinski definition) is 1. The summed E-state index contributed by atoms with van der Waals surface area (Å²) in [5, 5.41) is 11.1. The zero-order valence-corrected chi connectivity index (χ0v) is 18.8. The second-order valence-corrected chi connectivity index (χ2v) is 8.47. The number of hydrogen-bond acceptors (Lipinski definition) is 5. The van der Waals surface area contributed by atoms with Gasteiger partial charge in [-0.2, -0.15) is 0 Å². The normalized spacial score (nSPS) is 17.6. The predicted octanol–water partition coefficient (Wildman–Crippen LogP) is 5.53. The van der Waals surface area contributed by atoms with Crippen LogP contribution in [-0.4, -0.2) is 23.4 Å². The zero-order chi connectivity index (χ0) is 24.6. The van der Waals surface area contributed by atoms with Crippen LogP contribution in [0.25, 0.3) is 5.76 Å². The van der Waals surface area contributed by atoms with Gasteiger partial charge in [-0.3, -0.25) is 14.5 Å². The molecule has 1 amide bonds. The highest BCUT2D eigenvalue weighted by atomic mass is 19.1. The first-order chi connectivity index (χ1) is 16.2. The van der Waals surface area contributed by atoms with Gasteiger partial charge in [0.2, 0.25) is 0 Å². The molecule has 34 heavy (non-hydrogen) atoms. The van der Waals surface area contributed by atoms with Crippen molar-refractivity contribution in [2.24, 2.45) is 5.92 Å². The molecule has 2 aromatic carbocycles. The number of ether oxygens (including phenoxy) is 1. The van der Waals surface area contributed by atoms with Crippen molar-refractivity contribution in [3.05, 3.63) is 88.9 Å². The Hall–Kier alpha value is -3.94. The van der Waals surface area contributed by atoms with Gasteiger partial charge in [-0.05, 0) is 60.9 Å². The number of anilines is 1. The molecule has 176 valence electrons. The summed E-state index contributed by atoms with van der Waals surface area (Å²) < 4.78 is 39.3. The predicted molar refractivity (Wildman–Crippen MR) is 121 cm³/mol. The fourth-order valence-corrected chi connectivity index (χ4v) is 3.84. The third kappa shape index (κ3) is 4.19. The van der Waals surface area contributed by atoms with Gasteiger partial charge >= 0.3 is 0 Å². The monoisotopic (exact) mass is 467 g/mol. The van der Waals surface area contributed by atoms with E-state index in [1.54, 1.807) is 31.2 Å². The number of benzene rings is 2. The maximum Gasteiger partial charge on any atom is 0.300 e. The SMILES string of the molecule is Cc1cc(/C(O)=C2/C(=O)C(=O)N(c3ccc(F)cc3F)C2c2ccco2)ccc1OCC(C)C. The fraction of sp³-hybridized carbons (Fsp3) is 0.231. The molecule has 2 heterocycles. The maximum atomic E-state index is 14.6. The molecule has 3 aromatic rings. The molecule has 1 atom stereocenters. The molecule has 0 spiro atoms. The summed E-state index contributed by atoms with van der Waals surface area (Å²) in [4.78, 5) is 26.9. The Morgan fingerprint density at radius 3 is 2.53 bits per heavy atom. The number of aryl methyl sites for hydroxylation is 1. The summed E-state index contributed by atoms with van der Waals surface area (Å²) in [7, 11) is 0. The first-order valence-corrected chi connectivity index (χ1v) is 10.7. The molecule has 1 N–H and O–H groups in total. The second-order valence-electron chi connectivity index (χ2n) is 8.47. The van der Waals surface area contributed by atoms with E-state index in [9.17, 15) is 23.5 Å². The van der Waals surface area contributed by atoms with E-state index in [1.165, 1.54) is 12.3 Å². The molecule has 1 aliphatic heterocycles. The van der Waals surface area contributed by atoms with E-state index in [1.807, 2.05) is 13.8 Å². The number of rotatable bonds is 6. The minimum Gasteiger partial charge on any atom is -0.507 e. The van der Waals surface area contributed by atoms with Crippen LogP contribution >= 0.6 is 0 Å². The van der Waals surface area contributed by atoms with Gasteiger partial charge < -0.3 is 14.3 Å². The van der Waals surface area contributed by atoms with Crippen LogP contribution in [0.15, 0.2) is 64.8 Å². The van der Waals surface area contributed by atoms with E-state index in [0.717, 1.165) is 22.6 Å². The molecule has 0 radical (unpaired) electrons.